The van der Waals surface area contributed by atoms with E-state index in [0.717, 1.165) is 17.5 Å². The average Bonchev–Trinajstić information content (AvgIpc) is 3.29. The maximum atomic E-state index is 13.2. The number of rotatable bonds is 2. The summed E-state index contributed by atoms with van der Waals surface area (Å²) in [5.41, 5.74) is 0.0177. The van der Waals surface area contributed by atoms with Crippen molar-refractivity contribution in [3.05, 3.63) is 44.2 Å². The highest BCUT2D eigenvalue weighted by Crippen LogP contribution is 2.36. The number of likely N-dealkylation sites (tertiary alicyclic amines) is 1. The number of thiophene rings is 1. The minimum Gasteiger partial charge on any atom is -0.360 e. The second kappa shape index (κ2) is 5.55. The molecule has 1 aliphatic heterocycles. The summed E-state index contributed by atoms with van der Waals surface area (Å²) in [7, 11) is 1.52. The number of aryl methyl sites for hydroxylation is 2. The van der Waals surface area contributed by atoms with Crippen molar-refractivity contribution in [2.75, 3.05) is 6.54 Å². The van der Waals surface area contributed by atoms with Gasteiger partial charge in [-0.3, -0.25) is 9.59 Å². The number of carbonyl (C=O) groups excluding carboxylic acids is 1. The number of nitrogens with zero attached hydrogens (tertiary/aromatic N) is 4. The average molecular weight is 344 g/mol. The fraction of sp³-hybridized carbons (Fsp3) is 0.375. The topological polar surface area (TPSA) is 81.2 Å². The van der Waals surface area contributed by atoms with E-state index >= 15 is 0 Å². The van der Waals surface area contributed by atoms with Crippen LogP contribution in [-0.4, -0.2) is 32.3 Å². The molecule has 0 bridgehead atoms. The van der Waals surface area contributed by atoms with Gasteiger partial charge in [0, 0.05) is 18.5 Å². The molecule has 4 heterocycles. The molecule has 24 heavy (non-hydrogen) atoms. The van der Waals surface area contributed by atoms with E-state index in [4.69, 9.17) is 4.52 Å². The Labute approximate surface area is 141 Å². The molecule has 1 atom stereocenters. The zero-order valence-corrected chi connectivity index (χ0v) is 14.2. The Balaban J connectivity index is 1.83. The number of carbonyl (C=O) groups is 1. The van der Waals surface area contributed by atoms with E-state index in [9.17, 15) is 9.59 Å². The SMILES string of the molecule is Cc1onc2c(=O)n(C)nc(C(=O)N3CCCC3c3cccs3)c12. The summed E-state index contributed by atoms with van der Waals surface area (Å²) >= 11 is 1.65. The first-order valence-electron chi connectivity index (χ1n) is 7.75. The van der Waals surface area contributed by atoms with Gasteiger partial charge in [-0.15, -0.1) is 11.3 Å². The molecule has 0 radical (unpaired) electrons. The Morgan fingerprint density at radius 2 is 2.29 bits per heavy atom. The molecular formula is C16H16N4O3S. The molecule has 7 nitrogen and oxygen atoms in total. The summed E-state index contributed by atoms with van der Waals surface area (Å²) in [5.74, 6) is 0.253. The van der Waals surface area contributed by atoms with Crippen LogP contribution >= 0.6 is 11.3 Å². The monoisotopic (exact) mass is 344 g/mol. The third-order valence-corrected chi connectivity index (χ3v) is 5.41. The molecule has 0 N–H and O–H groups in total. The van der Waals surface area contributed by atoms with Crippen LogP contribution in [-0.2, 0) is 7.05 Å². The molecule has 124 valence electrons. The molecule has 1 amide bonds. The highest BCUT2D eigenvalue weighted by molar-refractivity contribution is 7.10. The van der Waals surface area contributed by atoms with E-state index in [0.29, 0.717) is 17.7 Å². The van der Waals surface area contributed by atoms with Crippen LogP contribution < -0.4 is 5.56 Å². The van der Waals surface area contributed by atoms with Gasteiger partial charge in [-0.1, -0.05) is 11.2 Å². The van der Waals surface area contributed by atoms with Crippen LogP contribution in [0.15, 0.2) is 26.8 Å². The van der Waals surface area contributed by atoms with E-state index in [1.807, 2.05) is 16.3 Å². The standard InChI is InChI=1S/C16H16N4O3S/c1-9-12-13(17-19(2)15(21)14(12)18-23-9)16(22)20-7-3-5-10(20)11-6-4-8-24-11/h4,6,8,10H,3,5,7H2,1-2H3. The lowest BCUT2D eigenvalue weighted by atomic mass is 10.1. The van der Waals surface area contributed by atoms with Gasteiger partial charge in [-0.2, -0.15) is 5.10 Å². The van der Waals surface area contributed by atoms with Crippen molar-refractivity contribution >= 4 is 28.1 Å². The molecule has 1 fully saturated rings. The van der Waals surface area contributed by atoms with Crippen LogP contribution in [0.2, 0.25) is 0 Å². The van der Waals surface area contributed by atoms with Crippen LogP contribution in [0.25, 0.3) is 10.9 Å². The summed E-state index contributed by atoms with van der Waals surface area (Å²) in [5, 5.41) is 10.4. The predicted octanol–water partition coefficient (Wildman–Crippen LogP) is 2.27. The third-order valence-electron chi connectivity index (χ3n) is 4.43. The van der Waals surface area contributed by atoms with Crippen LogP contribution in [0.3, 0.4) is 0 Å². The van der Waals surface area contributed by atoms with Gasteiger partial charge in [0.15, 0.2) is 11.2 Å². The summed E-state index contributed by atoms with van der Waals surface area (Å²) in [6.07, 6.45) is 1.88. The maximum absolute atomic E-state index is 13.2. The van der Waals surface area contributed by atoms with E-state index in [2.05, 4.69) is 16.3 Å². The van der Waals surface area contributed by atoms with Crippen molar-refractivity contribution in [1.82, 2.24) is 19.8 Å². The molecule has 3 aromatic rings. The lowest BCUT2D eigenvalue weighted by Gasteiger charge is -2.23. The van der Waals surface area contributed by atoms with E-state index < -0.39 is 0 Å². The first-order valence-corrected chi connectivity index (χ1v) is 8.63. The second-order valence-corrected chi connectivity index (χ2v) is 6.89. The number of hydrogen-bond acceptors (Lipinski definition) is 6. The summed E-state index contributed by atoms with van der Waals surface area (Å²) in [4.78, 5) is 28.3. The number of fused-ring (bicyclic) bond motifs is 1. The minimum atomic E-state index is -0.366. The zero-order chi connectivity index (χ0) is 16.8. The van der Waals surface area contributed by atoms with Gasteiger partial charge < -0.3 is 9.42 Å². The lowest BCUT2D eigenvalue weighted by molar-refractivity contribution is 0.0731. The fourth-order valence-electron chi connectivity index (χ4n) is 3.27. The molecular weight excluding hydrogens is 328 g/mol. The van der Waals surface area contributed by atoms with E-state index in [-0.39, 0.29) is 28.7 Å². The second-order valence-electron chi connectivity index (χ2n) is 5.91. The van der Waals surface area contributed by atoms with Gasteiger partial charge in [0.2, 0.25) is 0 Å². The van der Waals surface area contributed by atoms with Crippen LogP contribution in [0.5, 0.6) is 0 Å². The van der Waals surface area contributed by atoms with Gasteiger partial charge in [0.1, 0.15) is 5.76 Å². The van der Waals surface area contributed by atoms with Crippen molar-refractivity contribution in [1.29, 1.82) is 0 Å². The van der Waals surface area contributed by atoms with E-state index in [1.165, 1.54) is 11.9 Å². The van der Waals surface area contributed by atoms with Crippen molar-refractivity contribution in [3.8, 4) is 0 Å². The number of amides is 1. The first-order chi connectivity index (χ1) is 11.6. The quantitative estimate of drug-likeness (QED) is 0.712. The molecule has 8 heteroatoms. The molecule has 1 saturated heterocycles. The molecule has 4 rings (SSSR count). The highest BCUT2D eigenvalue weighted by atomic mass is 32.1. The van der Waals surface area contributed by atoms with Crippen LogP contribution in [0.1, 0.15) is 40.0 Å². The number of hydrogen-bond donors (Lipinski definition) is 0. The number of aromatic nitrogens is 3. The molecule has 1 unspecified atom stereocenters. The molecule has 0 aliphatic carbocycles. The fourth-order valence-corrected chi connectivity index (χ4v) is 4.14. The Hall–Kier alpha value is -2.48. The Kier molecular flexibility index (Phi) is 3.49. The molecule has 0 spiro atoms. The van der Waals surface area contributed by atoms with Gasteiger partial charge in [-0.05, 0) is 31.2 Å². The first kappa shape index (κ1) is 15.1. The normalized spacial score (nSPS) is 17.8. The molecule has 3 aromatic heterocycles. The summed E-state index contributed by atoms with van der Waals surface area (Å²) in [6, 6.07) is 4.11. The molecule has 0 aromatic carbocycles. The van der Waals surface area contributed by atoms with Crippen molar-refractivity contribution < 1.29 is 9.32 Å². The third kappa shape index (κ3) is 2.17. The van der Waals surface area contributed by atoms with Crippen molar-refractivity contribution in [3.63, 3.8) is 0 Å². The zero-order valence-electron chi connectivity index (χ0n) is 13.4. The Morgan fingerprint density at radius 1 is 1.46 bits per heavy atom. The van der Waals surface area contributed by atoms with Crippen LogP contribution in [0.4, 0.5) is 0 Å². The largest absolute Gasteiger partial charge is 0.360 e. The predicted molar refractivity (Wildman–Crippen MR) is 89.1 cm³/mol. The van der Waals surface area contributed by atoms with Gasteiger partial charge in [-0.25, -0.2) is 4.68 Å². The van der Waals surface area contributed by atoms with Gasteiger partial charge in [0.05, 0.1) is 11.4 Å². The smallest absolute Gasteiger partial charge is 0.296 e. The van der Waals surface area contributed by atoms with Gasteiger partial charge in [0.25, 0.3) is 11.5 Å². The molecule has 1 aliphatic rings. The van der Waals surface area contributed by atoms with Crippen molar-refractivity contribution in [2.45, 2.75) is 25.8 Å². The van der Waals surface area contributed by atoms with E-state index in [1.54, 1.807) is 18.3 Å². The Bertz CT molecular complexity index is 973. The molecule has 0 saturated carbocycles. The Morgan fingerprint density at radius 3 is 3.04 bits per heavy atom. The summed E-state index contributed by atoms with van der Waals surface area (Å²) in [6.45, 7) is 2.37. The van der Waals surface area contributed by atoms with Crippen molar-refractivity contribution in [2.24, 2.45) is 7.05 Å². The van der Waals surface area contributed by atoms with Gasteiger partial charge >= 0.3 is 0 Å². The maximum Gasteiger partial charge on any atom is 0.296 e. The highest BCUT2D eigenvalue weighted by Gasteiger charge is 2.34. The minimum absolute atomic E-state index is 0.0618. The van der Waals surface area contributed by atoms with Crippen LogP contribution in [0, 0.1) is 6.92 Å². The lowest BCUT2D eigenvalue weighted by Crippen LogP contribution is -2.33. The summed E-state index contributed by atoms with van der Waals surface area (Å²) < 4.78 is 6.28.